The van der Waals surface area contributed by atoms with Crippen LogP contribution in [0.15, 0.2) is 47.4 Å². The molecule has 2 aromatic rings. The fraction of sp³-hybridized carbons (Fsp3) is 0.429. The molecule has 0 amide bonds. The second-order valence-corrected chi connectivity index (χ2v) is 9.49. The molecule has 0 radical (unpaired) electrons. The molecular formula is C21H27ClFN3O2S. The summed E-state index contributed by atoms with van der Waals surface area (Å²) in [4.78, 5) is 4.59. The fourth-order valence-electron chi connectivity index (χ4n) is 3.48. The summed E-state index contributed by atoms with van der Waals surface area (Å²) in [5.41, 5.74) is 2.54. The number of hydrogen-bond acceptors (Lipinski definition) is 4. The molecule has 0 unspecified atom stereocenters. The van der Waals surface area contributed by atoms with Crippen molar-refractivity contribution in [1.29, 1.82) is 0 Å². The molecule has 1 aliphatic rings. The van der Waals surface area contributed by atoms with E-state index in [2.05, 4.69) is 45.7 Å². The number of hydrogen-bond donors (Lipinski definition) is 1. The van der Waals surface area contributed by atoms with E-state index in [0.717, 1.165) is 51.3 Å². The third-order valence-corrected chi connectivity index (χ3v) is 7.06. The standard InChI is InChI=1S/C21H27ClFN3O2S/c1-17-5-4-6-19(15-17)26-13-11-25(12-14-26)10-3-2-9-24-29(27,28)21-16-18(23)7-8-20(21)22/h4-8,15-16,24H,2-3,9-14H2,1H3. The molecule has 0 bridgehead atoms. The molecular weight excluding hydrogens is 413 g/mol. The van der Waals surface area contributed by atoms with Crippen LogP contribution >= 0.6 is 11.6 Å². The Morgan fingerprint density at radius 3 is 2.55 bits per heavy atom. The number of sulfonamides is 1. The first-order valence-corrected chi connectivity index (χ1v) is 11.7. The molecule has 0 aromatic heterocycles. The fourth-order valence-corrected chi connectivity index (χ4v) is 5.07. The molecule has 29 heavy (non-hydrogen) atoms. The van der Waals surface area contributed by atoms with E-state index < -0.39 is 15.8 Å². The van der Waals surface area contributed by atoms with Crippen molar-refractivity contribution in [2.75, 3.05) is 44.2 Å². The van der Waals surface area contributed by atoms with Crippen LogP contribution in [0.25, 0.3) is 0 Å². The lowest BCUT2D eigenvalue weighted by molar-refractivity contribution is 0.253. The highest BCUT2D eigenvalue weighted by Gasteiger charge is 2.19. The zero-order valence-electron chi connectivity index (χ0n) is 16.6. The van der Waals surface area contributed by atoms with Crippen LogP contribution in [-0.2, 0) is 10.0 Å². The average molecular weight is 440 g/mol. The minimum absolute atomic E-state index is 0.0189. The van der Waals surface area contributed by atoms with Crippen molar-refractivity contribution in [2.24, 2.45) is 0 Å². The largest absolute Gasteiger partial charge is 0.369 e. The highest BCUT2D eigenvalue weighted by atomic mass is 35.5. The molecule has 1 aliphatic heterocycles. The van der Waals surface area contributed by atoms with E-state index in [9.17, 15) is 12.8 Å². The van der Waals surface area contributed by atoms with Gasteiger partial charge in [0.05, 0.1) is 5.02 Å². The van der Waals surface area contributed by atoms with Crippen molar-refractivity contribution in [3.8, 4) is 0 Å². The maximum atomic E-state index is 13.3. The topological polar surface area (TPSA) is 52.6 Å². The van der Waals surface area contributed by atoms with Crippen LogP contribution in [0.5, 0.6) is 0 Å². The molecule has 0 aliphatic carbocycles. The van der Waals surface area contributed by atoms with Gasteiger partial charge in [0, 0.05) is 38.4 Å². The second kappa shape index (κ2) is 9.89. The van der Waals surface area contributed by atoms with Gasteiger partial charge in [-0.3, -0.25) is 4.90 Å². The van der Waals surface area contributed by atoms with Gasteiger partial charge < -0.3 is 4.90 Å². The number of unbranched alkanes of at least 4 members (excludes halogenated alkanes) is 1. The summed E-state index contributed by atoms with van der Waals surface area (Å²) >= 11 is 5.89. The lowest BCUT2D eigenvalue weighted by Crippen LogP contribution is -2.46. The lowest BCUT2D eigenvalue weighted by Gasteiger charge is -2.36. The van der Waals surface area contributed by atoms with Gasteiger partial charge in [0.1, 0.15) is 10.7 Å². The van der Waals surface area contributed by atoms with Gasteiger partial charge in [-0.15, -0.1) is 0 Å². The van der Waals surface area contributed by atoms with Gasteiger partial charge in [0.2, 0.25) is 10.0 Å². The van der Waals surface area contributed by atoms with E-state index in [0.29, 0.717) is 13.0 Å². The van der Waals surface area contributed by atoms with Gasteiger partial charge in [-0.25, -0.2) is 17.5 Å². The number of halogens is 2. The van der Waals surface area contributed by atoms with Crippen molar-refractivity contribution in [3.05, 3.63) is 58.9 Å². The first kappa shape index (κ1) is 22.0. The molecule has 0 saturated carbocycles. The van der Waals surface area contributed by atoms with Crippen LogP contribution in [0.4, 0.5) is 10.1 Å². The van der Waals surface area contributed by atoms with Gasteiger partial charge >= 0.3 is 0 Å². The molecule has 1 saturated heterocycles. The van der Waals surface area contributed by atoms with Gasteiger partial charge in [-0.2, -0.15) is 0 Å². The summed E-state index contributed by atoms with van der Waals surface area (Å²) in [6.45, 7) is 7.33. The van der Waals surface area contributed by atoms with Crippen LogP contribution < -0.4 is 9.62 Å². The summed E-state index contributed by atoms with van der Waals surface area (Å²) in [6.07, 6.45) is 1.61. The number of piperazine rings is 1. The Bertz CT molecular complexity index is 931. The predicted molar refractivity (Wildman–Crippen MR) is 116 cm³/mol. The number of anilines is 1. The minimum Gasteiger partial charge on any atom is -0.369 e. The molecule has 0 spiro atoms. The van der Waals surface area contributed by atoms with Crippen molar-refractivity contribution >= 4 is 27.3 Å². The van der Waals surface area contributed by atoms with Gasteiger partial charge in [0.25, 0.3) is 0 Å². The number of aryl methyl sites for hydroxylation is 1. The van der Waals surface area contributed by atoms with E-state index in [4.69, 9.17) is 11.6 Å². The lowest BCUT2D eigenvalue weighted by atomic mass is 10.2. The molecule has 158 valence electrons. The molecule has 0 atom stereocenters. The Morgan fingerprint density at radius 1 is 1.07 bits per heavy atom. The Morgan fingerprint density at radius 2 is 1.83 bits per heavy atom. The van der Waals surface area contributed by atoms with E-state index in [-0.39, 0.29) is 9.92 Å². The molecule has 1 heterocycles. The summed E-state index contributed by atoms with van der Waals surface area (Å²) in [5.74, 6) is -0.625. The zero-order valence-corrected chi connectivity index (χ0v) is 18.1. The Balaban J connectivity index is 1.38. The SMILES string of the molecule is Cc1cccc(N2CCN(CCCCNS(=O)(=O)c3cc(F)ccc3Cl)CC2)c1. The van der Waals surface area contributed by atoms with Crippen LogP contribution in [-0.4, -0.2) is 52.6 Å². The quantitative estimate of drug-likeness (QED) is 0.637. The number of nitrogens with zero attached hydrogens (tertiary/aromatic N) is 2. The Hall–Kier alpha value is -1.67. The maximum absolute atomic E-state index is 13.3. The number of rotatable bonds is 8. The Labute approximate surface area is 177 Å². The maximum Gasteiger partial charge on any atom is 0.242 e. The molecule has 5 nitrogen and oxygen atoms in total. The van der Waals surface area contributed by atoms with Crippen LogP contribution in [0.2, 0.25) is 5.02 Å². The number of nitrogens with one attached hydrogen (secondary N) is 1. The first-order valence-electron chi connectivity index (χ1n) is 9.84. The minimum atomic E-state index is -3.80. The van der Waals surface area contributed by atoms with Crippen molar-refractivity contribution < 1.29 is 12.8 Å². The summed E-state index contributed by atoms with van der Waals surface area (Å²) in [6, 6.07) is 11.9. The zero-order chi connectivity index (χ0) is 20.9. The van der Waals surface area contributed by atoms with E-state index in [1.165, 1.54) is 17.3 Å². The monoisotopic (exact) mass is 439 g/mol. The molecule has 8 heteroatoms. The highest BCUT2D eigenvalue weighted by molar-refractivity contribution is 7.89. The molecule has 1 N–H and O–H groups in total. The normalized spacial score (nSPS) is 15.6. The van der Waals surface area contributed by atoms with Crippen molar-refractivity contribution in [3.63, 3.8) is 0 Å². The van der Waals surface area contributed by atoms with E-state index in [1.807, 2.05) is 0 Å². The van der Waals surface area contributed by atoms with Crippen LogP contribution in [0.1, 0.15) is 18.4 Å². The average Bonchev–Trinajstić information content (AvgIpc) is 2.70. The number of benzene rings is 2. The summed E-state index contributed by atoms with van der Waals surface area (Å²) in [7, 11) is -3.80. The van der Waals surface area contributed by atoms with Crippen molar-refractivity contribution in [1.82, 2.24) is 9.62 Å². The molecule has 2 aromatic carbocycles. The third kappa shape index (κ3) is 6.15. The van der Waals surface area contributed by atoms with Gasteiger partial charge in [0.15, 0.2) is 0 Å². The molecule has 1 fully saturated rings. The van der Waals surface area contributed by atoms with Crippen LogP contribution in [0, 0.1) is 12.7 Å². The smallest absolute Gasteiger partial charge is 0.242 e. The first-order chi connectivity index (χ1) is 13.8. The summed E-state index contributed by atoms with van der Waals surface area (Å²) in [5, 5.41) is 0.0189. The highest BCUT2D eigenvalue weighted by Crippen LogP contribution is 2.22. The second-order valence-electron chi connectivity index (χ2n) is 7.35. The molecule has 3 rings (SSSR count). The Kier molecular flexibility index (Phi) is 7.51. The predicted octanol–water partition coefficient (Wildman–Crippen LogP) is 3.67. The van der Waals surface area contributed by atoms with Crippen molar-refractivity contribution in [2.45, 2.75) is 24.7 Å². The summed E-state index contributed by atoms with van der Waals surface area (Å²) < 4.78 is 40.4. The third-order valence-electron chi connectivity index (χ3n) is 5.12. The van der Waals surface area contributed by atoms with E-state index in [1.54, 1.807) is 0 Å². The van der Waals surface area contributed by atoms with E-state index >= 15 is 0 Å². The van der Waals surface area contributed by atoms with Gasteiger partial charge in [-0.1, -0.05) is 23.7 Å². The van der Waals surface area contributed by atoms with Crippen LogP contribution in [0.3, 0.4) is 0 Å². The van der Waals surface area contributed by atoms with Gasteiger partial charge in [-0.05, 0) is 62.2 Å².